The van der Waals surface area contributed by atoms with Crippen LogP contribution in [0.2, 0.25) is 0 Å². The largest absolute Gasteiger partial charge is 0.481 e. The van der Waals surface area contributed by atoms with Gasteiger partial charge in [-0.15, -0.1) is 0 Å². The van der Waals surface area contributed by atoms with E-state index in [4.69, 9.17) is 4.74 Å². The molecule has 0 fully saturated rings. The number of hydrogen-bond donors (Lipinski definition) is 1. The lowest BCUT2D eigenvalue weighted by atomic mass is 10.0. The number of anilines is 1. The summed E-state index contributed by atoms with van der Waals surface area (Å²) < 4.78 is 5.07. The van der Waals surface area contributed by atoms with Gasteiger partial charge in [-0.1, -0.05) is 13.3 Å². The Balaban J connectivity index is 2.47. The van der Waals surface area contributed by atoms with E-state index in [1.54, 1.807) is 19.6 Å². The molecular weight excluding hydrogens is 240 g/mol. The standard InChI is InChI=1S/C14H18N4O/c1-4-5-11-13(17-9-18-14(11)15-2)10-6-7-12(19-3)16-8-10/h6-9H,4-5H2,1-3H3,(H,15,17,18). The quantitative estimate of drug-likeness (QED) is 0.893. The minimum atomic E-state index is 0.601. The molecule has 0 aliphatic heterocycles. The summed E-state index contributed by atoms with van der Waals surface area (Å²) in [4.78, 5) is 12.9. The highest BCUT2D eigenvalue weighted by molar-refractivity contribution is 5.67. The van der Waals surface area contributed by atoms with Gasteiger partial charge >= 0.3 is 0 Å². The Bertz CT molecular complexity index is 540. The van der Waals surface area contributed by atoms with Crippen LogP contribution in [-0.4, -0.2) is 29.1 Å². The fraction of sp³-hybridized carbons (Fsp3) is 0.357. The van der Waals surface area contributed by atoms with Gasteiger partial charge in [0.1, 0.15) is 12.1 Å². The van der Waals surface area contributed by atoms with Crippen molar-refractivity contribution in [1.82, 2.24) is 15.0 Å². The number of nitrogens with one attached hydrogen (secondary N) is 1. The molecule has 19 heavy (non-hydrogen) atoms. The molecule has 0 spiro atoms. The van der Waals surface area contributed by atoms with Crippen molar-refractivity contribution in [2.45, 2.75) is 19.8 Å². The predicted octanol–water partition coefficient (Wildman–Crippen LogP) is 2.54. The minimum Gasteiger partial charge on any atom is -0.481 e. The zero-order valence-electron chi connectivity index (χ0n) is 11.5. The molecular formula is C14H18N4O. The van der Waals surface area contributed by atoms with Crippen LogP contribution >= 0.6 is 0 Å². The summed E-state index contributed by atoms with van der Waals surface area (Å²) in [6, 6.07) is 3.80. The van der Waals surface area contributed by atoms with E-state index in [9.17, 15) is 0 Å². The maximum Gasteiger partial charge on any atom is 0.212 e. The Kier molecular flexibility index (Phi) is 4.28. The normalized spacial score (nSPS) is 10.3. The smallest absolute Gasteiger partial charge is 0.212 e. The van der Waals surface area contributed by atoms with Crippen LogP contribution in [0, 0.1) is 0 Å². The van der Waals surface area contributed by atoms with Gasteiger partial charge in [0, 0.05) is 30.4 Å². The van der Waals surface area contributed by atoms with Gasteiger partial charge in [-0.05, 0) is 12.5 Å². The van der Waals surface area contributed by atoms with E-state index in [1.165, 1.54) is 0 Å². The van der Waals surface area contributed by atoms with E-state index in [2.05, 4.69) is 27.2 Å². The number of hydrogen-bond acceptors (Lipinski definition) is 5. The first-order valence-electron chi connectivity index (χ1n) is 6.32. The lowest BCUT2D eigenvalue weighted by Crippen LogP contribution is -2.03. The molecule has 0 aromatic carbocycles. The molecule has 0 atom stereocenters. The molecule has 0 aliphatic carbocycles. The van der Waals surface area contributed by atoms with Gasteiger partial charge in [0.25, 0.3) is 0 Å². The summed E-state index contributed by atoms with van der Waals surface area (Å²) in [7, 11) is 3.48. The van der Waals surface area contributed by atoms with Gasteiger partial charge in [0.15, 0.2) is 0 Å². The molecule has 0 saturated carbocycles. The van der Waals surface area contributed by atoms with Crippen LogP contribution < -0.4 is 10.1 Å². The number of aromatic nitrogens is 3. The third-order valence-electron chi connectivity index (χ3n) is 2.90. The molecule has 2 aromatic heterocycles. The van der Waals surface area contributed by atoms with Gasteiger partial charge in [0.05, 0.1) is 12.8 Å². The highest BCUT2D eigenvalue weighted by Gasteiger charge is 2.12. The van der Waals surface area contributed by atoms with Crippen molar-refractivity contribution in [3.8, 4) is 17.1 Å². The molecule has 0 bridgehead atoms. The Morgan fingerprint density at radius 2 is 2.05 bits per heavy atom. The average molecular weight is 258 g/mol. The third kappa shape index (κ3) is 2.81. The first-order valence-corrected chi connectivity index (χ1v) is 6.32. The maximum absolute atomic E-state index is 5.07. The van der Waals surface area contributed by atoms with Gasteiger partial charge in [-0.2, -0.15) is 0 Å². The van der Waals surface area contributed by atoms with Crippen molar-refractivity contribution in [2.24, 2.45) is 0 Å². The van der Waals surface area contributed by atoms with Gasteiger partial charge < -0.3 is 10.1 Å². The molecule has 0 radical (unpaired) electrons. The second-order valence-electron chi connectivity index (χ2n) is 4.14. The molecule has 2 rings (SSSR count). The van der Waals surface area contributed by atoms with Gasteiger partial charge in [0.2, 0.25) is 5.88 Å². The Morgan fingerprint density at radius 3 is 2.63 bits per heavy atom. The Labute approximate surface area is 113 Å². The summed E-state index contributed by atoms with van der Waals surface area (Å²) in [5.41, 5.74) is 3.03. The van der Waals surface area contributed by atoms with E-state index < -0.39 is 0 Å². The fourth-order valence-electron chi connectivity index (χ4n) is 2.00. The highest BCUT2D eigenvalue weighted by atomic mass is 16.5. The monoisotopic (exact) mass is 258 g/mol. The molecule has 1 N–H and O–H groups in total. The first-order chi connectivity index (χ1) is 9.30. The van der Waals surface area contributed by atoms with E-state index in [0.717, 1.165) is 35.5 Å². The lowest BCUT2D eigenvalue weighted by Gasteiger charge is -2.12. The average Bonchev–Trinajstić information content (AvgIpc) is 2.48. The zero-order chi connectivity index (χ0) is 13.7. The Hall–Kier alpha value is -2.17. The van der Waals surface area contributed by atoms with Crippen LogP contribution in [0.25, 0.3) is 11.3 Å². The zero-order valence-corrected chi connectivity index (χ0v) is 11.5. The number of rotatable bonds is 5. The fourth-order valence-corrected chi connectivity index (χ4v) is 2.00. The third-order valence-corrected chi connectivity index (χ3v) is 2.90. The molecule has 100 valence electrons. The summed E-state index contributed by atoms with van der Waals surface area (Å²) in [6.07, 6.45) is 5.32. The number of ether oxygens (including phenoxy) is 1. The van der Waals surface area contributed by atoms with Crippen molar-refractivity contribution < 1.29 is 4.74 Å². The number of nitrogens with zero attached hydrogens (tertiary/aromatic N) is 3. The second kappa shape index (κ2) is 6.13. The van der Waals surface area contributed by atoms with Crippen molar-refractivity contribution in [3.63, 3.8) is 0 Å². The molecule has 5 heteroatoms. The van der Waals surface area contributed by atoms with Crippen LogP contribution in [0.15, 0.2) is 24.7 Å². The summed E-state index contributed by atoms with van der Waals surface area (Å²) in [6.45, 7) is 2.14. The summed E-state index contributed by atoms with van der Waals surface area (Å²) in [5.74, 6) is 1.48. The van der Waals surface area contributed by atoms with Crippen molar-refractivity contribution in [3.05, 3.63) is 30.2 Å². The predicted molar refractivity (Wildman–Crippen MR) is 75.4 cm³/mol. The van der Waals surface area contributed by atoms with Crippen LogP contribution in [0.1, 0.15) is 18.9 Å². The maximum atomic E-state index is 5.07. The van der Waals surface area contributed by atoms with Crippen molar-refractivity contribution in [1.29, 1.82) is 0 Å². The molecule has 0 unspecified atom stereocenters. The first kappa shape index (κ1) is 13.3. The highest BCUT2D eigenvalue weighted by Crippen LogP contribution is 2.26. The molecule has 2 heterocycles. The van der Waals surface area contributed by atoms with E-state index >= 15 is 0 Å². The van der Waals surface area contributed by atoms with E-state index in [1.807, 2.05) is 19.2 Å². The van der Waals surface area contributed by atoms with Crippen LogP contribution in [0.5, 0.6) is 5.88 Å². The van der Waals surface area contributed by atoms with Crippen molar-refractivity contribution >= 4 is 5.82 Å². The topological polar surface area (TPSA) is 59.9 Å². The number of methoxy groups -OCH3 is 1. The molecule has 5 nitrogen and oxygen atoms in total. The van der Waals surface area contributed by atoms with Crippen LogP contribution in [-0.2, 0) is 6.42 Å². The van der Waals surface area contributed by atoms with E-state index in [0.29, 0.717) is 5.88 Å². The van der Waals surface area contributed by atoms with Crippen LogP contribution in [0.4, 0.5) is 5.82 Å². The second-order valence-corrected chi connectivity index (χ2v) is 4.14. The molecule has 2 aromatic rings. The molecule has 0 saturated heterocycles. The van der Waals surface area contributed by atoms with Crippen molar-refractivity contribution in [2.75, 3.05) is 19.5 Å². The van der Waals surface area contributed by atoms with Crippen LogP contribution in [0.3, 0.4) is 0 Å². The summed E-state index contributed by atoms with van der Waals surface area (Å²) >= 11 is 0. The number of pyridine rings is 1. The van der Waals surface area contributed by atoms with Gasteiger partial charge in [-0.25, -0.2) is 15.0 Å². The summed E-state index contributed by atoms with van der Waals surface area (Å²) in [5, 5.41) is 3.12. The lowest BCUT2D eigenvalue weighted by molar-refractivity contribution is 0.398. The minimum absolute atomic E-state index is 0.601. The van der Waals surface area contributed by atoms with E-state index in [-0.39, 0.29) is 0 Å². The molecule has 0 amide bonds. The molecule has 0 aliphatic rings. The van der Waals surface area contributed by atoms with Gasteiger partial charge in [-0.3, -0.25) is 0 Å². The Morgan fingerprint density at radius 1 is 1.21 bits per heavy atom. The SMILES string of the molecule is CCCc1c(NC)ncnc1-c1ccc(OC)nc1.